The molecule has 1 amide bonds. The summed E-state index contributed by atoms with van der Waals surface area (Å²) in [6, 6.07) is 7.45. The molecule has 0 aliphatic carbocycles. The predicted octanol–water partition coefficient (Wildman–Crippen LogP) is 2.07. The number of hydrogen-bond acceptors (Lipinski definition) is 3. The Morgan fingerprint density at radius 2 is 2.18 bits per heavy atom. The fraction of sp³-hybridized carbons (Fsp3) is 0.417. The fourth-order valence-corrected chi connectivity index (χ4v) is 2.19. The number of nitrogens with one attached hydrogen (secondary N) is 1. The van der Waals surface area contributed by atoms with E-state index < -0.39 is 0 Å². The zero-order valence-electron chi connectivity index (χ0n) is 9.49. The van der Waals surface area contributed by atoms with Crippen LogP contribution in [0.1, 0.15) is 12.0 Å². The highest BCUT2D eigenvalue weighted by atomic mass is 35.5. The highest BCUT2D eigenvalue weighted by Gasteiger charge is 2.03. The van der Waals surface area contributed by atoms with Crippen LogP contribution in [0.15, 0.2) is 24.3 Å². The molecule has 0 bridgehead atoms. The first-order chi connectivity index (χ1) is 8.24. The minimum absolute atomic E-state index is 0.00661. The van der Waals surface area contributed by atoms with E-state index in [1.807, 2.05) is 18.2 Å². The van der Waals surface area contributed by atoms with Gasteiger partial charge in [-0.3, -0.25) is 4.79 Å². The SMILES string of the molecule is O=C(CSCCCO)NCc1ccccc1Cl. The maximum atomic E-state index is 11.5. The Labute approximate surface area is 111 Å². The Hall–Kier alpha value is -0.710. The van der Waals surface area contributed by atoms with Gasteiger partial charge in [-0.05, 0) is 23.8 Å². The third-order valence-corrected chi connectivity index (χ3v) is 3.53. The Balaban J connectivity index is 2.22. The standard InChI is InChI=1S/C12H16ClNO2S/c13-11-5-2-1-4-10(11)8-14-12(16)9-17-7-3-6-15/h1-2,4-5,15H,3,6-9H2,(H,14,16). The second-order valence-electron chi connectivity index (χ2n) is 3.50. The van der Waals surface area contributed by atoms with Crippen LogP contribution in [-0.2, 0) is 11.3 Å². The highest BCUT2D eigenvalue weighted by molar-refractivity contribution is 7.99. The summed E-state index contributed by atoms with van der Waals surface area (Å²) in [5.74, 6) is 1.22. The van der Waals surface area contributed by atoms with Crippen LogP contribution in [0.3, 0.4) is 0 Å². The molecule has 5 heteroatoms. The number of carbonyl (C=O) groups is 1. The predicted molar refractivity (Wildman–Crippen MR) is 72.3 cm³/mol. The van der Waals surface area contributed by atoms with Gasteiger partial charge < -0.3 is 10.4 Å². The van der Waals surface area contributed by atoms with Gasteiger partial charge in [0, 0.05) is 18.2 Å². The van der Waals surface area contributed by atoms with Gasteiger partial charge in [0.1, 0.15) is 0 Å². The van der Waals surface area contributed by atoms with Crippen LogP contribution in [-0.4, -0.2) is 29.1 Å². The van der Waals surface area contributed by atoms with Crippen LogP contribution >= 0.6 is 23.4 Å². The summed E-state index contributed by atoms with van der Waals surface area (Å²) in [6.07, 6.45) is 0.725. The molecular formula is C12H16ClNO2S. The lowest BCUT2D eigenvalue weighted by Crippen LogP contribution is -2.24. The summed E-state index contributed by atoms with van der Waals surface area (Å²) in [7, 11) is 0. The number of amides is 1. The molecule has 17 heavy (non-hydrogen) atoms. The quantitative estimate of drug-likeness (QED) is 0.748. The molecule has 0 aliphatic heterocycles. The number of aliphatic hydroxyl groups excluding tert-OH is 1. The van der Waals surface area contributed by atoms with Crippen molar-refractivity contribution in [2.45, 2.75) is 13.0 Å². The molecule has 0 fully saturated rings. The molecule has 0 unspecified atom stereocenters. The van der Waals surface area contributed by atoms with Gasteiger partial charge in [0.15, 0.2) is 0 Å². The summed E-state index contributed by atoms with van der Waals surface area (Å²) in [6.45, 7) is 0.632. The number of aliphatic hydroxyl groups is 1. The number of hydrogen-bond donors (Lipinski definition) is 2. The lowest BCUT2D eigenvalue weighted by atomic mass is 10.2. The largest absolute Gasteiger partial charge is 0.396 e. The first kappa shape index (κ1) is 14.4. The van der Waals surface area contributed by atoms with Gasteiger partial charge in [0.05, 0.1) is 5.75 Å². The lowest BCUT2D eigenvalue weighted by molar-refractivity contribution is -0.118. The second-order valence-corrected chi connectivity index (χ2v) is 5.01. The Kier molecular flexibility index (Phi) is 7.08. The van der Waals surface area contributed by atoms with Crippen LogP contribution in [0, 0.1) is 0 Å². The van der Waals surface area contributed by atoms with Gasteiger partial charge in [-0.15, -0.1) is 0 Å². The monoisotopic (exact) mass is 273 g/mol. The fourth-order valence-electron chi connectivity index (χ4n) is 1.22. The van der Waals surface area contributed by atoms with Crippen molar-refractivity contribution >= 4 is 29.3 Å². The third-order valence-electron chi connectivity index (χ3n) is 2.11. The Morgan fingerprint density at radius 1 is 1.41 bits per heavy atom. The van der Waals surface area contributed by atoms with E-state index in [2.05, 4.69) is 5.32 Å². The molecule has 94 valence electrons. The minimum atomic E-state index is -0.00661. The summed E-state index contributed by atoms with van der Waals surface area (Å²) in [4.78, 5) is 11.5. The summed E-state index contributed by atoms with van der Waals surface area (Å²) < 4.78 is 0. The van der Waals surface area contributed by atoms with E-state index in [1.165, 1.54) is 11.8 Å². The second kappa shape index (κ2) is 8.39. The molecule has 1 aromatic carbocycles. The van der Waals surface area contributed by atoms with Crippen molar-refractivity contribution in [3.8, 4) is 0 Å². The number of rotatable bonds is 7. The molecule has 0 aliphatic rings. The van der Waals surface area contributed by atoms with Crippen molar-refractivity contribution in [1.82, 2.24) is 5.32 Å². The molecule has 0 spiro atoms. The van der Waals surface area contributed by atoms with Crippen molar-refractivity contribution < 1.29 is 9.90 Å². The number of halogens is 1. The molecular weight excluding hydrogens is 258 g/mol. The van der Waals surface area contributed by atoms with E-state index in [0.717, 1.165) is 17.7 Å². The van der Waals surface area contributed by atoms with E-state index >= 15 is 0 Å². The van der Waals surface area contributed by atoms with Crippen molar-refractivity contribution in [2.75, 3.05) is 18.1 Å². The van der Waals surface area contributed by atoms with Gasteiger partial charge in [0.2, 0.25) is 5.91 Å². The Bertz CT molecular complexity index is 360. The number of thioether (sulfide) groups is 1. The molecule has 0 aromatic heterocycles. The summed E-state index contributed by atoms with van der Waals surface area (Å²) >= 11 is 7.49. The van der Waals surface area contributed by atoms with E-state index in [0.29, 0.717) is 17.3 Å². The number of carbonyl (C=O) groups excluding carboxylic acids is 1. The van der Waals surface area contributed by atoms with E-state index in [9.17, 15) is 4.79 Å². The average Bonchev–Trinajstić information content (AvgIpc) is 2.34. The van der Waals surface area contributed by atoms with E-state index in [-0.39, 0.29) is 12.5 Å². The van der Waals surface area contributed by atoms with Crippen molar-refractivity contribution in [1.29, 1.82) is 0 Å². The topological polar surface area (TPSA) is 49.3 Å². The summed E-state index contributed by atoms with van der Waals surface area (Å²) in [5, 5.41) is 12.1. The molecule has 0 radical (unpaired) electrons. The normalized spacial score (nSPS) is 10.2. The third kappa shape index (κ3) is 5.96. The minimum Gasteiger partial charge on any atom is -0.396 e. The first-order valence-corrected chi connectivity index (χ1v) is 6.96. The number of benzene rings is 1. The smallest absolute Gasteiger partial charge is 0.230 e. The van der Waals surface area contributed by atoms with Crippen LogP contribution in [0.2, 0.25) is 5.02 Å². The van der Waals surface area contributed by atoms with Crippen molar-refractivity contribution in [3.05, 3.63) is 34.9 Å². The zero-order chi connectivity index (χ0) is 12.5. The molecule has 0 heterocycles. The van der Waals surface area contributed by atoms with Crippen LogP contribution in [0.25, 0.3) is 0 Å². The molecule has 2 N–H and O–H groups in total. The van der Waals surface area contributed by atoms with Crippen LogP contribution in [0.4, 0.5) is 0 Å². The Morgan fingerprint density at radius 3 is 2.88 bits per heavy atom. The average molecular weight is 274 g/mol. The van der Waals surface area contributed by atoms with Crippen molar-refractivity contribution in [3.63, 3.8) is 0 Å². The van der Waals surface area contributed by atoms with Gasteiger partial charge in [-0.25, -0.2) is 0 Å². The van der Waals surface area contributed by atoms with Gasteiger partial charge in [0.25, 0.3) is 0 Å². The van der Waals surface area contributed by atoms with Gasteiger partial charge in [-0.1, -0.05) is 29.8 Å². The maximum absolute atomic E-state index is 11.5. The molecule has 1 rings (SSSR count). The van der Waals surface area contributed by atoms with E-state index in [4.69, 9.17) is 16.7 Å². The van der Waals surface area contributed by atoms with Crippen LogP contribution in [0.5, 0.6) is 0 Å². The highest BCUT2D eigenvalue weighted by Crippen LogP contribution is 2.14. The molecule has 1 aromatic rings. The van der Waals surface area contributed by atoms with E-state index in [1.54, 1.807) is 6.07 Å². The molecule has 0 saturated heterocycles. The summed E-state index contributed by atoms with van der Waals surface area (Å²) in [5.41, 5.74) is 0.919. The van der Waals surface area contributed by atoms with Gasteiger partial charge >= 0.3 is 0 Å². The van der Waals surface area contributed by atoms with Crippen molar-refractivity contribution in [2.24, 2.45) is 0 Å². The van der Waals surface area contributed by atoms with Crippen LogP contribution < -0.4 is 5.32 Å². The zero-order valence-corrected chi connectivity index (χ0v) is 11.1. The van der Waals surface area contributed by atoms with Gasteiger partial charge in [-0.2, -0.15) is 11.8 Å². The molecule has 0 saturated carbocycles. The molecule has 3 nitrogen and oxygen atoms in total. The lowest BCUT2D eigenvalue weighted by Gasteiger charge is -2.06. The first-order valence-electron chi connectivity index (χ1n) is 5.42. The maximum Gasteiger partial charge on any atom is 0.230 e. The molecule has 0 atom stereocenters.